The molecule has 1 aliphatic carbocycles. The molecule has 2 aliphatic rings. The third-order valence-corrected chi connectivity index (χ3v) is 7.51. The second kappa shape index (κ2) is 12.2. The molecular weight excluding hydrogens is 457 g/mol. The minimum atomic E-state index is -0.351. The maximum Gasteiger partial charge on any atom is 0.319 e. The number of rotatable bonds is 7. The van der Waals surface area contributed by atoms with Gasteiger partial charge in [-0.05, 0) is 81.2 Å². The number of hydrogen-bond acceptors (Lipinski definition) is 3. The Balaban J connectivity index is 1.32. The summed E-state index contributed by atoms with van der Waals surface area (Å²) in [7, 11) is 0. The van der Waals surface area contributed by atoms with Crippen molar-refractivity contribution in [2.75, 3.05) is 18.4 Å². The predicted molar refractivity (Wildman–Crippen MR) is 138 cm³/mol. The molecule has 4 rings (SSSR count). The standard InChI is InChI=1S/C29H36FN3O3/c1-20(34)23-7-4-8-25(18-23)31-29(36)32-27-10-3-2-9-26(27)28(35)33-17-5-6-22(19-33)12-11-21-13-15-24(30)16-14-21/h4,7-8,13-16,18,22,26-27H,2-3,5-6,9-12,17,19H2,1H3,(H2,31,32,36)/t22-,26-,27-/m1/s1. The Bertz CT molecular complexity index is 1070. The van der Waals surface area contributed by atoms with Gasteiger partial charge in [-0.25, -0.2) is 9.18 Å². The average molecular weight is 494 g/mol. The van der Waals surface area contributed by atoms with Crippen molar-refractivity contribution >= 4 is 23.4 Å². The molecule has 2 fully saturated rings. The normalized spacial score (nSPS) is 22.1. The summed E-state index contributed by atoms with van der Waals surface area (Å²) in [4.78, 5) is 39.9. The molecule has 3 amide bonds. The molecule has 192 valence electrons. The Morgan fingerprint density at radius 3 is 2.56 bits per heavy atom. The van der Waals surface area contributed by atoms with Gasteiger partial charge in [0, 0.05) is 30.4 Å². The SMILES string of the molecule is CC(=O)c1cccc(NC(=O)N[C@@H]2CCCC[C@H]2C(=O)N2CCC[C@H](CCc3ccc(F)cc3)C2)c1. The molecule has 1 saturated carbocycles. The van der Waals surface area contributed by atoms with E-state index < -0.39 is 0 Å². The van der Waals surface area contributed by atoms with Gasteiger partial charge < -0.3 is 15.5 Å². The summed E-state index contributed by atoms with van der Waals surface area (Å²) < 4.78 is 13.2. The van der Waals surface area contributed by atoms with Crippen molar-refractivity contribution in [3.05, 3.63) is 65.5 Å². The summed E-state index contributed by atoms with van der Waals surface area (Å²) in [5, 5.41) is 5.85. The number of amides is 3. The molecule has 6 nitrogen and oxygen atoms in total. The Labute approximate surface area is 212 Å². The van der Waals surface area contributed by atoms with E-state index in [1.54, 1.807) is 24.3 Å². The summed E-state index contributed by atoms with van der Waals surface area (Å²) in [6.45, 7) is 3.00. The molecule has 0 spiro atoms. The number of piperidine rings is 1. The molecular formula is C29H36FN3O3. The van der Waals surface area contributed by atoms with Gasteiger partial charge in [-0.15, -0.1) is 0 Å². The van der Waals surface area contributed by atoms with Crippen LogP contribution in [0.25, 0.3) is 0 Å². The second-order valence-electron chi connectivity index (χ2n) is 10.2. The number of benzene rings is 2. The number of hydrogen-bond donors (Lipinski definition) is 2. The zero-order valence-electron chi connectivity index (χ0n) is 21.0. The quantitative estimate of drug-likeness (QED) is 0.494. The van der Waals surface area contributed by atoms with E-state index in [0.29, 0.717) is 17.2 Å². The van der Waals surface area contributed by atoms with E-state index in [2.05, 4.69) is 10.6 Å². The first-order valence-electron chi connectivity index (χ1n) is 13.1. The Morgan fingerprint density at radius 2 is 1.78 bits per heavy atom. The molecule has 0 aromatic heterocycles. The van der Waals surface area contributed by atoms with Gasteiger partial charge in [0.25, 0.3) is 0 Å². The first-order valence-corrected chi connectivity index (χ1v) is 13.1. The average Bonchev–Trinajstić information content (AvgIpc) is 2.88. The lowest BCUT2D eigenvalue weighted by molar-refractivity contribution is -0.139. The van der Waals surface area contributed by atoms with Crippen LogP contribution in [0.4, 0.5) is 14.9 Å². The van der Waals surface area contributed by atoms with E-state index in [0.717, 1.165) is 70.0 Å². The first-order chi connectivity index (χ1) is 17.4. The van der Waals surface area contributed by atoms with Crippen LogP contribution in [0.15, 0.2) is 48.5 Å². The van der Waals surface area contributed by atoms with Crippen LogP contribution in [0.3, 0.4) is 0 Å². The van der Waals surface area contributed by atoms with E-state index in [1.165, 1.54) is 19.1 Å². The summed E-state index contributed by atoms with van der Waals surface area (Å²) in [6, 6.07) is 13.0. The number of likely N-dealkylation sites (tertiary alicyclic amines) is 1. The van der Waals surface area contributed by atoms with E-state index in [1.807, 2.05) is 17.0 Å². The number of nitrogens with zero attached hydrogens (tertiary/aromatic N) is 1. The van der Waals surface area contributed by atoms with Crippen molar-refractivity contribution in [3.8, 4) is 0 Å². The second-order valence-corrected chi connectivity index (χ2v) is 10.2. The molecule has 1 aliphatic heterocycles. The number of Topliss-reactive ketones (excluding diaryl/α,β-unsaturated/α-hetero) is 1. The smallest absolute Gasteiger partial charge is 0.319 e. The highest BCUT2D eigenvalue weighted by molar-refractivity contribution is 5.96. The maximum absolute atomic E-state index is 13.6. The monoisotopic (exact) mass is 493 g/mol. The highest BCUT2D eigenvalue weighted by atomic mass is 19.1. The van der Waals surface area contributed by atoms with Crippen molar-refractivity contribution < 1.29 is 18.8 Å². The molecule has 7 heteroatoms. The van der Waals surface area contributed by atoms with Crippen LogP contribution in [0.2, 0.25) is 0 Å². The fourth-order valence-electron chi connectivity index (χ4n) is 5.51. The van der Waals surface area contributed by atoms with Gasteiger partial charge >= 0.3 is 6.03 Å². The molecule has 3 atom stereocenters. The lowest BCUT2D eigenvalue weighted by atomic mass is 9.82. The van der Waals surface area contributed by atoms with Gasteiger partial charge in [-0.1, -0.05) is 37.1 Å². The molecule has 2 aromatic carbocycles. The Hall–Kier alpha value is -3.22. The van der Waals surface area contributed by atoms with Crippen molar-refractivity contribution in [3.63, 3.8) is 0 Å². The number of carbonyl (C=O) groups is 3. The third kappa shape index (κ3) is 6.93. The minimum absolute atomic E-state index is 0.0606. The Morgan fingerprint density at radius 1 is 1.00 bits per heavy atom. The minimum Gasteiger partial charge on any atom is -0.342 e. The molecule has 36 heavy (non-hydrogen) atoms. The number of urea groups is 1. The van der Waals surface area contributed by atoms with Gasteiger partial charge in [0.2, 0.25) is 5.91 Å². The summed E-state index contributed by atoms with van der Waals surface area (Å²) >= 11 is 0. The molecule has 1 saturated heterocycles. The number of aryl methyl sites for hydroxylation is 1. The van der Waals surface area contributed by atoms with E-state index in [4.69, 9.17) is 0 Å². The van der Waals surface area contributed by atoms with Crippen LogP contribution in [0.1, 0.15) is 67.8 Å². The molecule has 2 N–H and O–H groups in total. The topological polar surface area (TPSA) is 78.5 Å². The van der Waals surface area contributed by atoms with Gasteiger partial charge in [-0.3, -0.25) is 9.59 Å². The number of carbonyl (C=O) groups excluding carboxylic acids is 3. The van der Waals surface area contributed by atoms with E-state index >= 15 is 0 Å². The van der Waals surface area contributed by atoms with Crippen LogP contribution in [0, 0.1) is 17.7 Å². The molecule has 1 heterocycles. The molecule has 0 radical (unpaired) electrons. The summed E-state index contributed by atoms with van der Waals surface area (Å²) in [5.41, 5.74) is 2.22. The molecule has 0 unspecified atom stereocenters. The third-order valence-electron chi connectivity index (χ3n) is 7.51. The number of anilines is 1. The Kier molecular flexibility index (Phi) is 8.73. The zero-order chi connectivity index (χ0) is 25.5. The molecule has 0 bridgehead atoms. The molecule has 2 aromatic rings. The highest BCUT2D eigenvalue weighted by Crippen LogP contribution is 2.29. The van der Waals surface area contributed by atoms with Crippen LogP contribution < -0.4 is 10.6 Å². The van der Waals surface area contributed by atoms with Crippen molar-refractivity contribution in [2.45, 2.75) is 64.3 Å². The fraction of sp³-hybridized carbons (Fsp3) is 0.483. The van der Waals surface area contributed by atoms with Gasteiger partial charge in [0.15, 0.2) is 5.78 Å². The first kappa shape index (κ1) is 25.9. The van der Waals surface area contributed by atoms with Crippen molar-refractivity contribution in [2.24, 2.45) is 11.8 Å². The van der Waals surface area contributed by atoms with Crippen LogP contribution in [-0.2, 0) is 11.2 Å². The maximum atomic E-state index is 13.6. The van der Waals surface area contributed by atoms with Gasteiger partial charge in [0.05, 0.1) is 5.92 Å². The number of halogens is 1. The number of ketones is 1. The lowest BCUT2D eigenvalue weighted by Gasteiger charge is -2.39. The van der Waals surface area contributed by atoms with Crippen molar-refractivity contribution in [1.29, 1.82) is 0 Å². The van der Waals surface area contributed by atoms with Crippen LogP contribution >= 0.6 is 0 Å². The van der Waals surface area contributed by atoms with Gasteiger partial charge in [0.1, 0.15) is 5.82 Å². The summed E-state index contributed by atoms with van der Waals surface area (Å²) in [5.74, 6) is 0.0742. The zero-order valence-corrected chi connectivity index (χ0v) is 21.0. The lowest BCUT2D eigenvalue weighted by Crippen LogP contribution is -2.52. The van der Waals surface area contributed by atoms with Crippen molar-refractivity contribution in [1.82, 2.24) is 10.2 Å². The fourth-order valence-corrected chi connectivity index (χ4v) is 5.51. The number of nitrogens with one attached hydrogen (secondary N) is 2. The van der Waals surface area contributed by atoms with E-state index in [-0.39, 0.29) is 35.5 Å². The predicted octanol–water partition coefficient (Wildman–Crippen LogP) is 5.58. The van der Waals surface area contributed by atoms with Crippen LogP contribution in [-0.4, -0.2) is 41.8 Å². The van der Waals surface area contributed by atoms with E-state index in [9.17, 15) is 18.8 Å². The van der Waals surface area contributed by atoms with Crippen LogP contribution in [0.5, 0.6) is 0 Å². The van der Waals surface area contributed by atoms with Gasteiger partial charge in [-0.2, -0.15) is 0 Å². The summed E-state index contributed by atoms with van der Waals surface area (Å²) in [6.07, 6.45) is 7.46. The highest BCUT2D eigenvalue weighted by Gasteiger charge is 2.36. The largest absolute Gasteiger partial charge is 0.342 e.